The Balaban J connectivity index is 2.31. The molecule has 2 rings (SSSR count). The zero-order chi connectivity index (χ0) is 15.2. The fourth-order valence-corrected chi connectivity index (χ4v) is 2.97. The van der Waals surface area contributed by atoms with Crippen molar-refractivity contribution in [3.05, 3.63) is 58.1 Å². The van der Waals surface area contributed by atoms with E-state index < -0.39 is 0 Å². The number of halogens is 1. The second-order valence-corrected chi connectivity index (χ2v) is 5.94. The summed E-state index contributed by atoms with van der Waals surface area (Å²) >= 11 is 3.70. The van der Waals surface area contributed by atoms with Crippen molar-refractivity contribution in [2.24, 2.45) is 0 Å². The molecule has 0 saturated carbocycles. The molecule has 21 heavy (non-hydrogen) atoms. The van der Waals surface area contributed by atoms with Crippen molar-refractivity contribution in [3.63, 3.8) is 0 Å². The van der Waals surface area contributed by atoms with E-state index in [0.717, 1.165) is 24.1 Å². The molecule has 0 heterocycles. The minimum atomic E-state index is 0.897. The van der Waals surface area contributed by atoms with Crippen LogP contribution in [0.15, 0.2) is 46.9 Å². The summed E-state index contributed by atoms with van der Waals surface area (Å²) in [7, 11) is 0. The molecule has 112 valence electrons. The quantitative estimate of drug-likeness (QED) is 0.789. The lowest BCUT2D eigenvalue weighted by Crippen LogP contribution is -2.17. The highest BCUT2D eigenvalue weighted by Crippen LogP contribution is 2.31. The molecule has 3 heteroatoms. The molecule has 0 saturated heterocycles. The van der Waals surface area contributed by atoms with Crippen molar-refractivity contribution in [3.8, 4) is 0 Å². The van der Waals surface area contributed by atoms with Crippen LogP contribution in [-0.4, -0.2) is 13.1 Å². The molecule has 0 aliphatic rings. The van der Waals surface area contributed by atoms with Gasteiger partial charge in [0.05, 0.1) is 0 Å². The van der Waals surface area contributed by atoms with Crippen LogP contribution >= 0.6 is 15.9 Å². The third kappa shape index (κ3) is 3.86. The van der Waals surface area contributed by atoms with Crippen LogP contribution in [0.1, 0.15) is 25.0 Å². The lowest BCUT2D eigenvalue weighted by atomic mass is 10.1. The molecule has 0 amide bonds. The van der Waals surface area contributed by atoms with Gasteiger partial charge in [0.1, 0.15) is 0 Å². The number of hydrogen-bond acceptors (Lipinski definition) is 2. The molecule has 0 atom stereocenters. The molecule has 0 aromatic heterocycles. The first-order chi connectivity index (χ1) is 10.2. The first kappa shape index (κ1) is 16.1. The van der Waals surface area contributed by atoms with E-state index in [-0.39, 0.29) is 0 Å². The van der Waals surface area contributed by atoms with Gasteiger partial charge in [-0.25, -0.2) is 0 Å². The van der Waals surface area contributed by atoms with E-state index in [9.17, 15) is 0 Å². The van der Waals surface area contributed by atoms with Crippen LogP contribution in [0, 0.1) is 6.92 Å². The van der Waals surface area contributed by atoms with Crippen LogP contribution in [0.3, 0.4) is 0 Å². The summed E-state index contributed by atoms with van der Waals surface area (Å²) in [5.74, 6) is 0. The summed E-state index contributed by atoms with van der Waals surface area (Å²) in [4.78, 5) is 2.34. The van der Waals surface area contributed by atoms with Gasteiger partial charge in [-0.2, -0.15) is 0 Å². The second-order valence-electron chi connectivity index (χ2n) is 5.09. The zero-order valence-electron chi connectivity index (χ0n) is 13.0. The maximum absolute atomic E-state index is 3.70. The van der Waals surface area contributed by atoms with Gasteiger partial charge in [0.25, 0.3) is 0 Å². The van der Waals surface area contributed by atoms with E-state index in [1.54, 1.807) is 0 Å². The molecule has 2 aromatic carbocycles. The molecule has 0 fully saturated rings. The first-order valence-corrected chi connectivity index (χ1v) is 8.29. The van der Waals surface area contributed by atoms with Crippen molar-refractivity contribution in [1.82, 2.24) is 5.32 Å². The second kappa shape index (κ2) is 7.62. The first-order valence-electron chi connectivity index (χ1n) is 7.49. The van der Waals surface area contributed by atoms with Gasteiger partial charge >= 0.3 is 0 Å². The van der Waals surface area contributed by atoms with Crippen LogP contribution in [0.25, 0.3) is 0 Å². The minimum Gasteiger partial charge on any atom is -0.342 e. The molecular weight excluding hydrogens is 324 g/mol. The number of rotatable bonds is 6. The van der Waals surface area contributed by atoms with Crippen molar-refractivity contribution in [1.29, 1.82) is 0 Å². The lowest BCUT2D eigenvalue weighted by Gasteiger charge is -2.25. The SMILES string of the molecule is CCNCc1ccc(N(CC)c2ccccc2C)cc1Br. The smallest absolute Gasteiger partial charge is 0.0440 e. The summed E-state index contributed by atoms with van der Waals surface area (Å²) in [5.41, 5.74) is 5.08. The predicted octanol–water partition coefficient (Wildman–Crippen LogP) is 5.03. The third-order valence-corrected chi connectivity index (χ3v) is 4.37. The fourth-order valence-electron chi connectivity index (χ4n) is 2.47. The number of nitrogens with zero attached hydrogens (tertiary/aromatic N) is 1. The van der Waals surface area contributed by atoms with E-state index in [1.165, 1.54) is 22.5 Å². The Kier molecular flexibility index (Phi) is 5.83. The van der Waals surface area contributed by atoms with Crippen LogP contribution < -0.4 is 10.2 Å². The monoisotopic (exact) mass is 346 g/mol. The Hall–Kier alpha value is -1.32. The molecule has 0 spiro atoms. The van der Waals surface area contributed by atoms with E-state index >= 15 is 0 Å². The van der Waals surface area contributed by atoms with Crippen molar-refractivity contribution >= 4 is 27.3 Å². The minimum absolute atomic E-state index is 0.897. The number of para-hydroxylation sites is 1. The number of hydrogen-bond donors (Lipinski definition) is 1. The summed E-state index contributed by atoms with van der Waals surface area (Å²) in [6, 6.07) is 15.1. The highest BCUT2D eigenvalue weighted by atomic mass is 79.9. The van der Waals surface area contributed by atoms with Gasteiger partial charge in [0.15, 0.2) is 0 Å². The van der Waals surface area contributed by atoms with E-state index in [4.69, 9.17) is 0 Å². The number of aryl methyl sites for hydroxylation is 1. The highest BCUT2D eigenvalue weighted by molar-refractivity contribution is 9.10. The molecule has 2 nitrogen and oxygen atoms in total. The normalized spacial score (nSPS) is 10.7. The third-order valence-electron chi connectivity index (χ3n) is 3.64. The van der Waals surface area contributed by atoms with Crippen molar-refractivity contribution in [2.75, 3.05) is 18.0 Å². The zero-order valence-corrected chi connectivity index (χ0v) is 14.6. The van der Waals surface area contributed by atoms with Crippen LogP contribution in [-0.2, 0) is 6.54 Å². The van der Waals surface area contributed by atoms with Crippen LogP contribution in [0.4, 0.5) is 11.4 Å². The Morgan fingerprint density at radius 2 is 1.86 bits per heavy atom. The Morgan fingerprint density at radius 3 is 2.48 bits per heavy atom. The molecule has 2 aromatic rings. The molecule has 0 aliphatic carbocycles. The topological polar surface area (TPSA) is 15.3 Å². The average Bonchev–Trinajstić information content (AvgIpc) is 2.49. The van der Waals surface area contributed by atoms with Gasteiger partial charge in [0, 0.05) is 28.9 Å². The Morgan fingerprint density at radius 1 is 1.10 bits per heavy atom. The summed E-state index contributed by atoms with van der Waals surface area (Å²) < 4.78 is 1.16. The molecule has 1 N–H and O–H groups in total. The Labute approximate surface area is 136 Å². The van der Waals surface area contributed by atoms with Crippen LogP contribution in [0.2, 0.25) is 0 Å². The van der Waals surface area contributed by atoms with Crippen molar-refractivity contribution in [2.45, 2.75) is 27.3 Å². The average molecular weight is 347 g/mol. The molecule has 0 radical (unpaired) electrons. The molecule has 0 unspecified atom stereocenters. The van der Waals surface area contributed by atoms with E-state index in [2.05, 4.69) is 89.4 Å². The fraction of sp³-hybridized carbons (Fsp3) is 0.333. The number of anilines is 2. The molecule has 0 aliphatic heterocycles. The van der Waals surface area contributed by atoms with Gasteiger partial charge in [-0.3, -0.25) is 0 Å². The van der Waals surface area contributed by atoms with Crippen molar-refractivity contribution < 1.29 is 0 Å². The largest absolute Gasteiger partial charge is 0.342 e. The maximum atomic E-state index is 3.70. The maximum Gasteiger partial charge on any atom is 0.0440 e. The predicted molar refractivity (Wildman–Crippen MR) is 95.4 cm³/mol. The summed E-state index contributed by atoms with van der Waals surface area (Å²) in [5, 5.41) is 3.37. The summed E-state index contributed by atoms with van der Waals surface area (Å²) in [6.07, 6.45) is 0. The van der Waals surface area contributed by atoms with Gasteiger partial charge < -0.3 is 10.2 Å². The Bertz CT molecular complexity index is 596. The van der Waals surface area contributed by atoms with Gasteiger partial charge in [0.2, 0.25) is 0 Å². The lowest BCUT2D eigenvalue weighted by molar-refractivity contribution is 0.724. The van der Waals surface area contributed by atoms with Gasteiger partial charge in [-0.05, 0) is 49.7 Å². The number of nitrogens with one attached hydrogen (secondary N) is 1. The van der Waals surface area contributed by atoms with E-state index in [1.807, 2.05) is 0 Å². The van der Waals surface area contributed by atoms with Crippen LogP contribution in [0.5, 0.6) is 0 Å². The summed E-state index contributed by atoms with van der Waals surface area (Å²) in [6.45, 7) is 9.30. The standard InChI is InChI=1S/C18H23BrN2/c1-4-20-13-15-10-11-16(12-17(15)19)21(5-2)18-9-7-6-8-14(18)3/h6-12,20H,4-5,13H2,1-3H3. The van der Waals surface area contributed by atoms with Gasteiger partial charge in [-0.1, -0.05) is 47.1 Å². The molecular formula is C18H23BrN2. The highest BCUT2D eigenvalue weighted by Gasteiger charge is 2.11. The number of benzene rings is 2. The van der Waals surface area contributed by atoms with Gasteiger partial charge in [-0.15, -0.1) is 0 Å². The molecule has 0 bridgehead atoms. The van der Waals surface area contributed by atoms with E-state index in [0.29, 0.717) is 0 Å².